The Morgan fingerprint density at radius 2 is 2.33 bits per heavy atom. The summed E-state index contributed by atoms with van der Waals surface area (Å²) in [5, 5.41) is 3.12. The SMILES string of the molecule is CN(C)C1C=C[C]=CN1. The molecule has 0 aliphatic carbocycles. The van der Waals surface area contributed by atoms with E-state index in [2.05, 4.69) is 22.4 Å². The van der Waals surface area contributed by atoms with Gasteiger partial charge in [-0.1, -0.05) is 6.08 Å². The monoisotopic (exact) mass is 123 g/mol. The van der Waals surface area contributed by atoms with Crippen molar-refractivity contribution in [1.29, 1.82) is 0 Å². The van der Waals surface area contributed by atoms with Gasteiger partial charge in [0.2, 0.25) is 0 Å². The average Bonchev–Trinajstić information content (AvgIpc) is 1.90. The predicted molar refractivity (Wildman–Crippen MR) is 37.6 cm³/mol. The molecular weight excluding hydrogens is 112 g/mol. The lowest BCUT2D eigenvalue weighted by molar-refractivity contribution is 0.316. The van der Waals surface area contributed by atoms with Crippen molar-refractivity contribution in [3.8, 4) is 0 Å². The first kappa shape index (κ1) is 6.36. The highest BCUT2D eigenvalue weighted by atomic mass is 15.2. The van der Waals surface area contributed by atoms with Crippen LogP contribution < -0.4 is 5.32 Å². The Morgan fingerprint density at radius 3 is 2.67 bits per heavy atom. The molecule has 0 fully saturated rings. The number of dihydropyridines is 1. The molecule has 0 saturated carbocycles. The summed E-state index contributed by atoms with van der Waals surface area (Å²) in [6.07, 6.45) is 9.06. The van der Waals surface area contributed by atoms with E-state index in [9.17, 15) is 0 Å². The highest BCUT2D eigenvalue weighted by Gasteiger charge is 2.03. The molecule has 0 aromatic rings. The second-order valence-corrected chi connectivity index (χ2v) is 2.25. The van der Waals surface area contributed by atoms with Crippen LogP contribution in [0.2, 0.25) is 0 Å². The third-order valence-corrected chi connectivity index (χ3v) is 1.27. The largest absolute Gasteiger partial charge is 0.372 e. The second-order valence-electron chi connectivity index (χ2n) is 2.25. The van der Waals surface area contributed by atoms with Gasteiger partial charge in [0, 0.05) is 6.20 Å². The normalized spacial score (nSPS) is 24.6. The van der Waals surface area contributed by atoms with Crippen molar-refractivity contribution in [3.05, 3.63) is 24.4 Å². The topological polar surface area (TPSA) is 15.3 Å². The Hall–Kier alpha value is -0.760. The molecular formula is C7H11N2. The minimum Gasteiger partial charge on any atom is -0.372 e. The maximum absolute atomic E-state index is 3.12. The maximum Gasteiger partial charge on any atom is 0.0980 e. The van der Waals surface area contributed by atoms with Crippen molar-refractivity contribution in [2.75, 3.05) is 14.1 Å². The van der Waals surface area contributed by atoms with Crippen molar-refractivity contribution < 1.29 is 0 Å². The fourth-order valence-corrected chi connectivity index (χ4v) is 0.705. The van der Waals surface area contributed by atoms with Gasteiger partial charge in [0.25, 0.3) is 0 Å². The molecule has 49 valence electrons. The van der Waals surface area contributed by atoms with Gasteiger partial charge < -0.3 is 5.32 Å². The molecule has 1 aliphatic heterocycles. The number of nitrogens with one attached hydrogen (secondary N) is 1. The van der Waals surface area contributed by atoms with Crippen LogP contribution in [-0.2, 0) is 0 Å². The molecule has 1 unspecified atom stereocenters. The van der Waals surface area contributed by atoms with E-state index in [0.717, 1.165) is 0 Å². The molecule has 0 bridgehead atoms. The van der Waals surface area contributed by atoms with Gasteiger partial charge in [-0.25, -0.2) is 0 Å². The summed E-state index contributed by atoms with van der Waals surface area (Å²) in [7, 11) is 4.06. The summed E-state index contributed by atoms with van der Waals surface area (Å²) >= 11 is 0. The molecule has 0 spiro atoms. The molecule has 1 rings (SSSR count). The number of likely N-dealkylation sites (N-methyl/N-ethyl adjacent to an activating group) is 1. The molecule has 0 amide bonds. The van der Waals surface area contributed by atoms with Crippen LogP contribution in [-0.4, -0.2) is 25.2 Å². The molecule has 0 aromatic heterocycles. The molecule has 1 N–H and O–H groups in total. The molecule has 1 radical (unpaired) electrons. The van der Waals surface area contributed by atoms with Crippen LogP contribution >= 0.6 is 0 Å². The molecule has 2 heteroatoms. The summed E-state index contributed by atoms with van der Waals surface area (Å²) in [4.78, 5) is 2.09. The third kappa shape index (κ3) is 1.57. The van der Waals surface area contributed by atoms with Gasteiger partial charge in [-0.05, 0) is 26.2 Å². The number of hydrogen-bond acceptors (Lipinski definition) is 2. The first-order chi connectivity index (χ1) is 4.30. The van der Waals surface area contributed by atoms with Crippen molar-refractivity contribution >= 4 is 0 Å². The first-order valence-corrected chi connectivity index (χ1v) is 2.97. The minimum absolute atomic E-state index is 0.339. The van der Waals surface area contributed by atoms with Crippen LogP contribution in [0.5, 0.6) is 0 Å². The number of allylic oxidation sites excluding steroid dienone is 2. The van der Waals surface area contributed by atoms with Crippen molar-refractivity contribution in [2.24, 2.45) is 0 Å². The van der Waals surface area contributed by atoms with Gasteiger partial charge in [0.1, 0.15) is 0 Å². The lowest BCUT2D eigenvalue weighted by atomic mass is 10.3. The zero-order valence-corrected chi connectivity index (χ0v) is 5.76. The summed E-state index contributed by atoms with van der Waals surface area (Å²) in [5.41, 5.74) is 0. The van der Waals surface area contributed by atoms with E-state index >= 15 is 0 Å². The molecule has 0 aromatic carbocycles. The zero-order chi connectivity index (χ0) is 6.69. The lowest BCUT2D eigenvalue weighted by Crippen LogP contribution is -2.37. The van der Waals surface area contributed by atoms with E-state index in [1.807, 2.05) is 26.4 Å². The Balaban J connectivity index is 2.46. The van der Waals surface area contributed by atoms with E-state index in [1.54, 1.807) is 0 Å². The van der Waals surface area contributed by atoms with Crippen LogP contribution in [0.1, 0.15) is 0 Å². The van der Waals surface area contributed by atoms with Crippen molar-refractivity contribution in [1.82, 2.24) is 10.2 Å². The Kier molecular flexibility index (Phi) is 1.90. The summed E-state index contributed by atoms with van der Waals surface area (Å²) in [6.45, 7) is 0. The minimum atomic E-state index is 0.339. The standard InChI is InChI=1S/C7H11N2/c1-9(2)7-5-3-4-6-8-7/h3,5-8H,1-2H3. The average molecular weight is 123 g/mol. The predicted octanol–water partition coefficient (Wildman–Crippen LogP) is 0.350. The van der Waals surface area contributed by atoms with E-state index in [0.29, 0.717) is 6.17 Å². The Morgan fingerprint density at radius 1 is 1.56 bits per heavy atom. The fraction of sp³-hybridized carbons (Fsp3) is 0.429. The highest BCUT2D eigenvalue weighted by molar-refractivity contribution is 5.05. The van der Waals surface area contributed by atoms with E-state index in [4.69, 9.17) is 0 Å². The molecule has 1 atom stereocenters. The molecule has 1 aliphatic rings. The number of rotatable bonds is 1. The van der Waals surface area contributed by atoms with Crippen molar-refractivity contribution in [2.45, 2.75) is 6.17 Å². The number of hydrogen-bond donors (Lipinski definition) is 1. The van der Waals surface area contributed by atoms with Crippen molar-refractivity contribution in [3.63, 3.8) is 0 Å². The van der Waals surface area contributed by atoms with Gasteiger partial charge in [0.05, 0.1) is 6.17 Å². The van der Waals surface area contributed by atoms with Gasteiger partial charge in [-0.15, -0.1) is 0 Å². The maximum atomic E-state index is 3.12. The van der Waals surface area contributed by atoms with Crippen LogP contribution in [0.15, 0.2) is 18.4 Å². The van der Waals surface area contributed by atoms with Gasteiger partial charge in [0.15, 0.2) is 0 Å². The molecule has 1 heterocycles. The fourth-order valence-electron chi connectivity index (χ4n) is 0.705. The van der Waals surface area contributed by atoms with Gasteiger partial charge >= 0.3 is 0 Å². The second kappa shape index (κ2) is 2.69. The van der Waals surface area contributed by atoms with E-state index in [-0.39, 0.29) is 0 Å². The highest BCUT2D eigenvalue weighted by Crippen LogP contribution is 1.94. The van der Waals surface area contributed by atoms with Crippen LogP contribution in [0.3, 0.4) is 0 Å². The van der Waals surface area contributed by atoms with E-state index in [1.165, 1.54) is 0 Å². The summed E-state index contributed by atoms with van der Waals surface area (Å²) in [6, 6.07) is 0. The lowest BCUT2D eigenvalue weighted by Gasteiger charge is -2.22. The summed E-state index contributed by atoms with van der Waals surface area (Å²) < 4.78 is 0. The van der Waals surface area contributed by atoms with Crippen LogP contribution in [0, 0.1) is 6.08 Å². The molecule has 9 heavy (non-hydrogen) atoms. The van der Waals surface area contributed by atoms with Crippen LogP contribution in [0.25, 0.3) is 0 Å². The van der Waals surface area contributed by atoms with Gasteiger partial charge in [-0.3, -0.25) is 4.90 Å². The van der Waals surface area contributed by atoms with E-state index < -0.39 is 0 Å². The Bertz CT molecular complexity index is 136. The molecule has 0 saturated heterocycles. The zero-order valence-electron chi connectivity index (χ0n) is 5.76. The van der Waals surface area contributed by atoms with Crippen LogP contribution in [0.4, 0.5) is 0 Å². The van der Waals surface area contributed by atoms with Gasteiger partial charge in [-0.2, -0.15) is 0 Å². The number of nitrogens with zero attached hydrogens (tertiary/aromatic N) is 1. The summed E-state index contributed by atoms with van der Waals surface area (Å²) in [5.74, 6) is 0. The first-order valence-electron chi connectivity index (χ1n) is 2.97. The smallest absolute Gasteiger partial charge is 0.0980 e. The third-order valence-electron chi connectivity index (χ3n) is 1.27. The Labute approximate surface area is 55.9 Å². The molecule has 2 nitrogen and oxygen atoms in total. The quantitative estimate of drug-likeness (QED) is 0.541.